The molecule has 0 unspecified atom stereocenters. The van der Waals surface area contributed by atoms with Crippen molar-refractivity contribution in [3.05, 3.63) is 35.5 Å². The van der Waals surface area contributed by atoms with Crippen LogP contribution in [0.3, 0.4) is 0 Å². The van der Waals surface area contributed by atoms with Crippen molar-refractivity contribution in [1.29, 1.82) is 0 Å². The van der Waals surface area contributed by atoms with Gasteiger partial charge in [-0.15, -0.1) is 10.2 Å². The summed E-state index contributed by atoms with van der Waals surface area (Å²) in [6, 6.07) is 6.98. The van der Waals surface area contributed by atoms with E-state index in [0.717, 1.165) is 37.5 Å². The number of hydrogen-bond acceptors (Lipinski definition) is 9. The molecule has 2 saturated carbocycles. The quantitative estimate of drug-likeness (QED) is 0.412. The summed E-state index contributed by atoms with van der Waals surface area (Å²) in [5, 5.41) is 14.8. The maximum Gasteiger partial charge on any atom is 0.273 e. The van der Waals surface area contributed by atoms with Crippen molar-refractivity contribution in [2.75, 3.05) is 49.6 Å². The topological polar surface area (TPSA) is 156 Å². The molecule has 0 bridgehead atoms. The Balaban J connectivity index is 1.07. The molecule has 0 spiro atoms. The maximum atomic E-state index is 13.2. The molecule has 1 aromatic carbocycles. The van der Waals surface area contributed by atoms with Crippen LogP contribution in [0.4, 0.5) is 17.5 Å². The number of aromatic nitrogens is 3. The molecular formula is C32H44N8O4. The molecule has 2 aromatic rings. The van der Waals surface area contributed by atoms with Gasteiger partial charge in [0, 0.05) is 49.4 Å². The molecule has 2 saturated heterocycles. The van der Waals surface area contributed by atoms with Gasteiger partial charge in [0.15, 0.2) is 11.5 Å². The molecule has 236 valence electrons. The minimum Gasteiger partial charge on any atom is -0.378 e. The van der Waals surface area contributed by atoms with Crippen molar-refractivity contribution in [2.45, 2.75) is 70.3 Å². The van der Waals surface area contributed by atoms with E-state index in [1.807, 2.05) is 4.90 Å². The summed E-state index contributed by atoms with van der Waals surface area (Å²) in [5.74, 6) is 1.72. The van der Waals surface area contributed by atoms with Gasteiger partial charge in [-0.1, -0.05) is 25.7 Å². The summed E-state index contributed by atoms with van der Waals surface area (Å²) >= 11 is 0. The van der Waals surface area contributed by atoms with Crippen LogP contribution in [0.5, 0.6) is 0 Å². The van der Waals surface area contributed by atoms with Crippen molar-refractivity contribution in [3.63, 3.8) is 0 Å². The molecule has 12 heteroatoms. The number of rotatable bonds is 8. The highest BCUT2D eigenvalue weighted by atomic mass is 16.5. The van der Waals surface area contributed by atoms with Crippen LogP contribution in [0, 0.1) is 17.8 Å². The van der Waals surface area contributed by atoms with Crippen LogP contribution < -0.4 is 21.3 Å². The number of nitrogens with two attached hydrogens (primary N) is 1. The van der Waals surface area contributed by atoms with Gasteiger partial charge in [-0.3, -0.25) is 14.4 Å². The predicted molar refractivity (Wildman–Crippen MR) is 166 cm³/mol. The maximum absolute atomic E-state index is 13.2. The number of benzene rings is 1. The van der Waals surface area contributed by atoms with Gasteiger partial charge >= 0.3 is 0 Å². The lowest BCUT2D eigenvalue weighted by atomic mass is 9.75. The largest absolute Gasteiger partial charge is 0.378 e. The number of nitrogens with zero attached hydrogens (tertiary/aromatic N) is 5. The minimum atomic E-state index is -0.746. The number of morpholine rings is 1. The average molecular weight is 605 g/mol. The second-order valence-corrected chi connectivity index (χ2v) is 12.7. The second kappa shape index (κ2) is 13.9. The Bertz CT molecular complexity index is 1320. The zero-order valence-electron chi connectivity index (χ0n) is 25.4. The number of carbonyl (C=O) groups excluding carboxylic acids is 3. The van der Waals surface area contributed by atoms with Crippen LogP contribution in [-0.4, -0.2) is 83.2 Å². The third kappa shape index (κ3) is 7.11. The number of anilines is 3. The van der Waals surface area contributed by atoms with E-state index in [2.05, 4.69) is 25.8 Å². The number of piperidine rings is 1. The normalized spacial score (nSPS) is 24.6. The molecule has 6 rings (SSSR count). The first-order valence-electron chi connectivity index (χ1n) is 16.3. The van der Waals surface area contributed by atoms with Gasteiger partial charge in [0.1, 0.15) is 0 Å². The summed E-state index contributed by atoms with van der Waals surface area (Å²) < 4.78 is 5.34. The Morgan fingerprint density at radius 3 is 2.25 bits per heavy atom. The Hall–Kier alpha value is -3.80. The Labute approximate surface area is 258 Å². The number of amides is 3. The molecule has 4 aliphatic rings. The summed E-state index contributed by atoms with van der Waals surface area (Å²) in [7, 11) is 0. The highest BCUT2D eigenvalue weighted by molar-refractivity contribution is 5.97. The summed E-state index contributed by atoms with van der Waals surface area (Å²) in [4.78, 5) is 46.6. The van der Waals surface area contributed by atoms with Gasteiger partial charge in [0.25, 0.3) is 11.8 Å². The van der Waals surface area contributed by atoms with E-state index in [-0.39, 0.29) is 35.3 Å². The van der Waals surface area contributed by atoms with Gasteiger partial charge in [-0.2, -0.15) is 4.98 Å². The second-order valence-electron chi connectivity index (χ2n) is 12.7. The van der Waals surface area contributed by atoms with E-state index < -0.39 is 5.91 Å². The van der Waals surface area contributed by atoms with E-state index in [0.29, 0.717) is 56.6 Å². The van der Waals surface area contributed by atoms with Gasteiger partial charge in [-0.05, 0) is 74.6 Å². The highest BCUT2D eigenvalue weighted by Crippen LogP contribution is 2.41. The molecule has 12 nitrogen and oxygen atoms in total. The van der Waals surface area contributed by atoms with Crippen molar-refractivity contribution in [1.82, 2.24) is 25.4 Å². The fraction of sp³-hybridized carbons (Fsp3) is 0.625. The Morgan fingerprint density at radius 1 is 0.841 bits per heavy atom. The standard InChI is InChI=1S/C32H44N8O4/c33-28(41)27-29(34-25-13-11-24(12-14-25)31(43)39-16-18-44-19-17-39)36-32(38-37-27)40-15-3-6-26(20-40)35-30(42)23-9-7-22(8-10-23)21-4-1-2-5-21/h11-14,21-23,26H,1-10,15-20H2,(H2,33,41)(H,35,42)(H,34,36,38)/t22?,23?,26-/m1/s1. The van der Waals surface area contributed by atoms with Crippen molar-refractivity contribution in [3.8, 4) is 0 Å². The number of primary amides is 1. The predicted octanol–water partition coefficient (Wildman–Crippen LogP) is 3.27. The zero-order valence-corrected chi connectivity index (χ0v) is 25.4. The first-order valence-corrected chi connectivity index (χ1v) is 16.3. The van der Waals surface area contributed by atoms with Crippen LogP contribution in [0.25, 0.3) is 0 Å². The monoisotopic (exact) mass is 604 g/mol. The Morgan fingerprint density at radius 2 is 1.55 bits per heavy atom. The molecule has 1 aromatic heterocycles. The molecule has 3 amide bonds. The van der Waals surface area contributed by atoms with Gasteiger partial charge in [0.05, 0.1) is 13.2 Å². The van der Waals surface area contributed by atoms with E-state index >= 15 is 0 Å². The van der Waals surface area contributed by atoms with E-state index in [1.165, 1.54) is 38.5 Å². The van der Waals surface area contributed by atoms with Crippen LogP contribution in [0.2, 0.25) is 0 Å². The van der Waals surface area contributed by atoms with Crippen LogP contribution in [-0.2, 0) is 9.53 Å². The minimum absolute atomic E-state index is 0.00354. The van der Waals surface area contributed by atoms with Crippen LogP contribution in [0.15, 0.2) is 24.3 Å². The van der Waals surface area contributed by atoms with Crippen molar-refractivity contribution in [2.24, 2.45) is 23.5 Å². The zero-order chi connectivity index (χ0) is 30.5. The van der Waals surface area contributed by atoms with E-state index in [1.54, 1.807) is 29.2 Å². The lowest BCUT2D eigenvalue weighted by molar-refractivity contribution is -0.127. The SMILES string of the molecule is NC(=O)c1nnc(N2CCC[C@@H](NC(=O)C3CCC(C4CCCC4)CC3)C2)nc1Nc1ccc(C(=O)N2CCOCC2)cc1. The van der Waals surface area contributed by atoms with E-state index in [4.69, 9.17) is 10.5 Å². The Kier molecular flexibility index (Phi) is 9.54. The van der Waals surface area contributed by atoms with Crippen molar-refractivity contribution < 1.29 is 19.1 Å². The third-order valence-electron chi connectivity index (χ3n) is 9.86. The molecule has 3 heterocycles. The van der Waals surface area contributed by atoms with Gasteiger partial charge < -0.3 is 30.9 Å². The smallest absolute Gasteiger partial charge is 0.273 e. The van der Waals surface area contributed by atoms with Crippen molar-refractivity contribution >= 4 is 35.2 Å². The molecule has 2 aliphatic heterocycles. The fourth-order valence-electron chi connectivity index (χ4n) is 7.36. The molecule has 4 fully saturated rings. The lowest BCUT2D eigenvalue weighted by Crippen LogP contribution is -2.50. The number of ether oxygens (including phenoxy) is 1. The average Bonchev–Trinajstić information content (AvgIpc) is 3.61. The molecule has 1 atom stereocenters. The first-order chi connectivity index (χ1) is 21.4. The molecular weight excluding hydrogens is 560 g/mol. The molecule has 4 N–H and O–H groups in total. The molecule has 0 radical (unpaired) electrons. The van der Waals surface area contributed by atoms with Crippen LogP contribution >= 0.6 is 0 Å². The number of nitrogens with one attached hydrogen (secondary N) is 2. The lowest BCUT2D eigenvalue weighted by Gasteiger charge is -2.35. The molecule has 44 heavy (non-hydrogen) atoms. The van der Waals surface area contributed by atoms with E-state index in [9.17, 15) is 14.4 Å². The van der Waals surface area contributed by atoms with Gasteiger partial charge in [-0.25, -0.2) is 0 Å². The van der Waals surface area contributed by atoms with Gasteiger partial charge in [0.2, 0.25) is 11.9 Å². The third-order valence-corrected chi connectivity index (χ3v) is 9.86. The molecule has 2 aliphatic carbocycles. The number of carbonyl (C=O) groups is 3. The summed E-state index contributed by atoms with van der Waals surface area (Å²) in [6.07, 6.45) is 11.6. The fourth-order valence-corrected chi connectivity index (χ4v) is 7.36. The highest BCUT2D eigenvalue weighted by Gasteiger charge is 2.33. The van der Waals surface area contributed by atoms with Crippen LogP contribution in [0.1, 0.15) is 85.1 Å². The summed E-state index contributed by atoms with van der Waals surface area (Å²) in [6.45, 7) is 3.50. The summed E-state index contributed by atoms with van der Waals surface area (Å²) in [5.41, 5.74) is 6.72. The first kappa shape index (κ1) is 30.2. The number of hydrogen-bond donors (Lipinski definition) is 3.